The van der Waals surface area contributed by atoms with Gasteiger partial charge < -0.3 is 5.32 Å². The first-order valence-electron chi connectivity index (χ1n) is 7.88. The van der Waals surface area contributed by atoms with Crippen LogP contribution in [-0.2, 0) is 0 Å². The molecular formula is C20H18ClN3S. The fourth-order valence-electron chi connectivity index (χ4n) is 2.67. The molecule has 126 valence electrons. The van der Waals surface area contributed by atoms with Gasteiger partial charge in [0.05, 0.1) is 11.2 Å². The third-order valence-corrected chi connectivity index (χ3v) is 4.46. The molecule has 0 aliphatic rings. The molecule has 0 unspecified atom stereocenters. The standard InChI is InChI=1S/C20H18ClN3S/c1-13(2)11-22-20(25)24-23-12-18-14-7-3-5-9-16(14)19(21)17-10-6-4-8-15(17)18/h3-10,12H,1,11H2,2H3,(H2,22,24,25)/b23-12-. The van der Waals surface area contributed by atoms with Gasteiger partial charge in [0.15, 0.2) is 5.11 Å². The molecule has 0 atom stereocenters. The van der Waals surface area contributed by atoms with E-state index in [0.717, 1.165) is 37.7 Å². The summed E-state index contributed by atoms with van der Waals surface area (Å²) in [5.41, 5.74) is 4.85. The van der Waals surface area contributed by atoms with E-state index in [2.05, 4.69) is 22.4 Å². The third kappa shape index (κ3) is 3.81. The third-order valence-electron chi connectivity index (χ3n) is 3.82. The lowest BCUT2D eigenvalue weighted by Gasteiger charge is -2.11. The number of hydrogen-bond donors (Lipinski definition) is 2. The molecule has 3 aromatic rings. The lowest BCUT2D eigenvalue weighted by atomic mass is 9.97. The van der Waals surface area contributed by atoms with Crippen LogP contribution in [0.1, 0.15) is 12.5 Å². The van der Waals surface area contributed by atoms with Crippen molar-refractivity contribution in [3.63, 3.8) is 0 Å². The van der Waals surface area contributed by atoms with Gasteiger partial charge in [0, 0.05) is 22.9 Å². The summed E-state index contributed by atoms with van der Waals surface area (Å²) < 4.78 is 0. The number of thiocarbonyl (C=S) groups is 1. The van der Waals surface area contributed by atoms with Crippen molar-refractivity contribution < 1.29 is 0 Å². The molecule has 25 heavy (non-hydrogen) atoms. The zero-order valence-electron chi connectivity index (χ0n) is 13.8. The van der Waals surface area contributed by atoms with E-state index in [9.17, 15) is 0 Å². The van der Waals surface area contributed by atoms with E-state index in [1.165, 1.54) is 0 Å². The summed E-state index contributed by atoms with van der Waals surface area (Å²) in [5.74, 6) is 0. The zero-order chi connectivity index (χ0) is 17.8. The minimum absolute atomic E-state index is 0.460. The Morgan fingerprint density at radius 1 is 1.08 bits per heavy atom. The Balaban J connectivity index is 1.99. The van der Waals surface area contributed by atoms with Crippen molar-refractivity contribution >= 4 is 56.7 Å². The summed E-state index contributed by atoms with van der Waals surface area (Å²) in [6, 6.07) is 16.1. The zero-order valence-corrected chi connectivity index (χ0v) is 15.4. The molecule has 0 heterocycles. The number of hydrazone groups is 1. The van der Waals surface area contributed by atoms with Gasteiger partial charge in [-0.3, -0.25) is 5.43 Å². The van der Waals surface area contributed by atoms with Crippen LogP contribution in [0.5, 0.6) is 0 Å². The predicted molar refractivity (Wildman–Crippen MR) is 113 cm³/mol. The molecule has 0 radical (unpaired) electrons. The highest BCUT2D eigenvalue weighted by Crippen LogP contribution is 2.35. The van der Waals surface area contributed by atoms with E-state index < -0.39 is 0 Å². The summed E-state index contributed by atoms with van der Waals surface area (Å²) in [6.45, 7) is 6.39. The first kappa shape index (κ1) is 17.4. The molecule has 0 amide bonds. The van der Waals surface area contributed by atoms with E-state index in [1.807, 2.05) is 55.5 Å². The van der Waals surface area contributed by atoms with Crippen LogP contribution >= 0.6 is 23.8 Å². The van der Waals surface area contributed by atoms with Gasteiger partial charge in [-0.2, -0.15) is 5.10 Å². The minimum atomic E-state index is 0.460. The maximum Gasteiger partial charge on any atom is 0.187 e. The monoisotopic (exact) mass is 367 g/mol. The van der Waals surface area contributed by atoms with E-state index >= 15 is 0 Å². The van der Waals surface area contributed by atoms with Crippen molar-refractivity contribution in [1.82, 2.24) is 10.7 Å². The van der Waals surface area contributed by atoms with Gasteiger partial charge in [-0.15, -0.1) is 0 Å². The summed E-state index contributed by atoms with van der Waals surface area (Å²) >= 11 is 11.8. The molecule has 0 aliphatic carbocycles. The Morgan fingerprint density at radius 2 is 1.60 bits per heavy atom. The van der Waals surface area contributed by atoms with Crippen LogP contribution < -0.4 is 10.7 Å². The van der Waals surface area contributed by atoms with Crippen LogP contribution in [0.25, 0.3) is 21.5 Å². The first-order chi connectivity index (χ1) is 12.1. The average molecular weight is 368 g/mol. The summed E-state index contributed by atoms with van der Waals surface area (Å²) in [4.78, 5) is 0. The maximum absolute atomic E-state index is 6.60. The number of halogens is 1. The van der Waals surface area contributed by atoms with Crippen molar-refractivity contribution in [3.8, 4) is 0 Å². The molecule has 5 heteroatoms. The largest absolute Gasteiger partial charge is 0.358 e. The predicted octanol–water partition coefficient (Wildman–Crippen LogP) is 5.02. The SMILES string of the molecule is C=C(C)CNC(=S)N/N=C\c1c2ccccc2c(Cl)c2ccccc12. The molecule has 0 saturated heterocycles. The van der Waals surface area contributed by atoms with Crippen LogP contribution in [0.15, 0.2) is 65.8 Å². The van der Waals surface area contributed by atoms with Crippen molar-refractivity contribution in [3.05, 3.63) is 71.3 Å². The lowest BCUT2D eigenvalue weighted by molar-refractivity contribution is 0.917. The number of nitrogens with one attached hydrogen (secondary N) is 2. The highest BCUT2D eigenvalue weighted by molar-refractivity contribution is 7.80. The molecule has 0 fully saturated rings. The van der Waals surface area contributed by atoms with Crippen LogP contribution in [0.4, 0.5) is 0 Å². The van der Waals surface area contributed by atoms with Gasteiger partial charge in [0.2, 0.25) is 0 Å². The quantitative estimate of drug-likeness (QED) is 0.223. The van der Waals surface area contributed by atoms with E-state index in [0.29, 0.717) is 11.7 Å². The number of rotatable bonds is 4. The highest BCUT2D eigenvalue weighted by atomic mass is 35.5. The lowest BCUT2D eigenvalue weighted by Crippen LogP contribution is -2.32. The Morgan fingerprint density at radius 3 is 2.12 bits per heavy atom. The topological polar surface area (TPSA) is 36.4 Å². The van der Waals surface area contributed by atoms with Crippen LogP contribution in [-0.4, -0.2) is 17.9 Å². The molecule has 0 aliphatic heterocycles. The Bertz CT molecular complexity index is 938. The number of hydrogen-bond acceptors (Lipinski definition) is 2. The van der Waals surface area contributed by atoms with Crippen molar-refractivity contribution in [2.24, 2.45) is 5.10 Å². The summed E-state index contributed by atoms with van der Waals surface area (Å²) in [6.07, 6.45) is 1.79. The maximum atomic E-state index is 6.60. The fraction of sp³-hybridized carbons (Fsp3) is 0.100. The fourth-order valence-corrected chi connectivity index (χ4v) is 3.13. The van der Waals surface area contributed by atoms with Crippen molar-refractivity contribution in [2.75, 3.05) is 6.54 Å². The van der Waals surface area contributed by atoms with Gasteiger partial charge in [-0.25, -0.2) is 0 Å². The highest BCUT2D eigenvalue weighted by Gasteiger charge is 2.10. The molecule has 0 saturated carbocycles. The molecule has 3 nitrogen and oxygen atoms in total. The second-order valence-corrected chi connectivity index (χ2v) is 6.61. The molecule has 3 aromatic carbocycles. The second kappa shape index (κ2) is 7.64. The van der Waals surface area contributed by atoms with Crippen molar-refractivity contribution in [2.45, 2.75) is 6.92 Å². The van der Waals surface area contributed by atoms with Gasteiger partial charge in [0.25, 0.3) is 0 Å². The number of fused-ring (bicyclic) bond motifs is 2. The van der Waals surface area contributed by atoms with Gasteiger partial charge >= 0.3 is 0 Å². The number of nitrogens with zero attached hydrogens (tertiary/aromatic N) is 1. The Kier molecular flexibility index (Phi) is 5.31. The van der Waals surface area contributed by atoms with Crippen LogP contribution in [0, 0.1) is 0 Å². The molecule has 0 aromatic heterocycles. The van der Waals surface area contributed by atoms with Crippen LogP contribution in [0.3, 0.4) is 0 Å². The van der Waals surface area contributed by atoms with Crippen molar-refractivity contribution in [1.29, 1.82) is 0 Å². The normalized spacial score (nSPS) is 11.1. The average Bonchev–Trinajstić information content (AvgIpc) is 2.63. The Labute approximate surface area is 157 Å². The Hall–Kier alpha value is -2.43. The first-order valence-corrected chi connectivity index (χ1v) is 8.67. The van der Waals surface area contributed by atoms with E-state index in [-0.39, 0.29) is 0 Å². The smallest absolute Gasteiger partial charge is 0.187 e. The van der Waals surface area contributed by atoms with E-state index in [4.69, 9.17) is 23.8 Å². The molecule has 2 N–H and O–H groups in total. The van der Waals surface area contributed by atoms with Gasteiger partial charge in [-0.05, 0) is 29.9 Å². The second-order valence-electron chi connectivity index (χ2n) is 5.83. The van der Waals surface area contributed by atoms with Crippen LogP contribution in [0.2, 0.25) is 5.02 Å². The molecular weight excluding hydrogens is 350 g/mol. The van der Waals surface area contributed by atoms with Gasteiger partial charge in [-0.1, -0.05) is 72.3 Å². The summed E-state index contributed by atoms with van der Waals surface area (Å²) in [5, 5.41) is 12.7. The summed E-state index contributed by atoms with van der Waals surface area (Å²) in [7, 11) is 0. The number of benzene rings is 3. The van der Waals surface area contributed by atoms with E-state index in [1.54, 1.807) is 6.21 Å². The molecule has 3 rings (SSSR count). The molecule has 0 spiro atoms. The molecule has 0 bridgehead atoms. The minimum Gasteiger partial charge on any atom is -0.358 e. The van der Waals surface area contributed by atoms with Gasteiger partial charge in [0.1, 0.15) is 0 Å².